The maximum absolute atomic E-state index is 12.5. The fraction of sp³-hybridized carbons (Fsp3) is 0.0588. The van der Waals surface area contributed by atoms with Crippen LogP contribution in [-0.4, -0.2) is 19.4 Å². The lowest BCUT2D eigenvalue weighted by atomic mass is 10.1. The highest BCUT2D eigenvalue weighted by atomic mass is 32.2. The van der Waals surface area contributed by atoms with Crippen molar-refractivity contribution in [1.29, 1.82) is 0 Å². The normalized spacial score (nSPS) is 11.2. The van der Waals surface area contributed by atoms with E-state index in [2.05, 4.69) is 9.88 Å². The van der Waals surface area contributed by atoms with Gasteiger partial charge in [-0.2, -0.15) is 0 Å². The number of sulfonamides is 1. The van der Waals surface area contributed by atoms with Crippen LogP contribution in [0.4, 0.5) is 5.88 Å². The zero-order valence-corrected chi connectivity index (χ0v) is 13.6. The molecule has 0 aliphatic rings. The Kier molecular flexibility index (Phi) is 4.18. The Morgan fingerprint density at radius 1 is 1.04 bits per heavy atom. The zero-order chi connectivity index (χ0) is 17.2. The van der Waals surface area contributed by atoms with E-state index in [0.29, 0.717) is 11.1 Å². The van der Waals surface area contributed by atoms with Gasteiger partial charge in [-0.15, -0.1) is 0 Å². The number of benzene rings is 2. The second kappa shape index (κ2) is 6.29. The molecular formula is C17H14N2O4S. The predicted molar refractivity (Wildman–Crippen MR) is 89.2 cm³/mol. The van der Waals surface area contributed by atoms with E-state index >= 15 is 0 Å². The first kappa shape index (κ1) is 15.9. The van der Waals surface area contributed by atoms with E-state index in [9.17, 15) is 13.2 Å². The van der Waals surface area contributed by atoms with Gasteiger partial charge in [-0.1, -0.05) is 47.6 Å². The van der Waals surface area contributed by atoms with Gasteiger partial charge in [0.2, 0.25) is 5.88 Å². The Morgan fingerprint density at radius 3 is 2.33 bits per heavy atom. The molecule has 0 saturated heterocycles. The average molecular weight is 342 g/mol. The lowest BCUT2D eigenvalue weighted by Gasteiger charge is -2.07. The smallest absolute Gasteiger partial charge is 0.264 e. The molecular weight excluding hydrogens is 328 g/mol. The highest BCUT2D eigenvalue weighted by Gasteiger charge is 2.20. The molecule has 0 spiro atoms. The van der Waals surface area contributed by atoms with Gasteiger partial charge in [0.05, 0.1) is 16.7 Å². The van der Waals surface area contributed by atoms with Crippen molar-refractivity contribution in [2.45, 2.75) is 11.8 Å². The Morgan fingerprint density at radius 2 is 1.71 bits per heavy atom. The first-order valence-electron chi connectivity index (χ1n) is 7.11. The molecule has 0 atom stereocenters. The number of hydrogen-bond acceptors (Lipinski definition) is 5. The van der Waals surface area contributed by atoms with Crippen molar-refractivity contribution in [3.8, 4) is 11.1 Å². The average Bonchev–Trinajstić information content (AvgIpc) is 3.03. The second-order valence-electron chi connectivity index (χ2n) is 5.12. The van der Waals surface area contributed by atoms with Crippen LogP contribution in [-0.2, 0) is 10.0 Å². The molecule has 0 saturated carbocycles. The maximum Gasteiger partial charge on any atom is 0.264 e. The fourth-order valence-corrected chi connectivity index (χ4v) is 3.19. The first-order valence-corrected chi connectivity index (χ1v) is 8.59. The molecule has 6 nitrogen and oxygen atoms in total. The fourth-order valence-electron chi connectivity index (χ4n) is 2.19. The summed E-state index contributed by atoms with van der Waals surface area (Å²) in [6.45, 7) is 1.42. The van der Waals surface area contributed by atoms with Crippen LogP contribution >= 0.6 is 0 Å². The highest BCUT2D eigenvalue weighted by Crippen LogP contribution is 2.29. The number of aromatic nitrogens is 1. The van der Waals surface area contributed by atoms with Gasteiger partial charge in [0, 0.05) is 5.56 Å². The van der Waals surface area contributed by atoms with Gasteiger partial charge in [0.1, 0.15) is 0 Å². The lowest BCUT2D eigenvalue weighted by Crippen LogP contribution is -2.13. The predicted octanol–water partition coefficient (Wildman–Crippen LogP) is 3.35. The number of anilines is 1. The number of ketones is 1. The summed E-state index contributed by atoms with van der Waals surface area (Å²) < 4.78 is 32.4. The molecule has 1 heterocycles. The summed E-state index contributed by atoms with van der Waals surface area (Å²) in [5, 5.41) is 3.67. The van der Waals surface area contributed by atoms with E-state index in [-0.39, 0.29) is 16.6 Å². The van der Waals surface area contributed by atoms with E-state index in [0.717, 1.165) is 5.56 Å². The summed E-state index contributed by atoms with van der Waals surface area (Å²) >= 11 is 0. The number of carbonyl (C=O) groups is 1. The van der Waals surface area contributed by atoms with Crippen LogP contribution in [0.1, 0.15) is 17.3 Å². The van der Waals surface area contributed by atoms with Gasteiger partial charge in [-0.25, -0.2) is 13.1 Å². The minimum absolute atomic E-state index is 0.0305. The lowest BCUT2D eigenvalue weighted by molar-refractivity contribution is 0.101. The minimum Gasteiger partial charge on any atom is -0.337 e. The largest absolute Gasteiger partial charge is 0.337 e. The van der Waals surface area contributed by atoms with Crippen LogP contribution in [0.3, 0.4) is 0 Å². The van der Waals surface area contributed by atoms with Gasteiger partial charge in [0.25, 0.3) is 10.0 Å². The molecule has 0 unspecified atom stereocenters. The molecule has 1 aromatic heterocycles. The monoisotopic (exact) mass is 342 g/mol. The van der Waals surface area contributed by atoms with Crippen LogP contribution in [0.15, 0.2) is 70.2 Å². The van der Waals surface area contributed by atoms with E-state index in [1.54, 1.807) is 0 Å². The zero-order valence-electron chi connectivity index (χ0n) is 12.8. The molecule has 0 bridgehead atoms. The number of nitrogens with one attached hydrogen (secondary N) is 1. The SMILES string of the molecule is CC(=O)c1ccc(S(=O)(=O)Nc2oncc2-c2ccccc2)cc1. The summed E-state index contributed by atoms with van der Waals surface area (Å²) in [6.07, 6.45) is 1.45. The number of rotatable bonds is 5. The second-order valence-corrected chi connectivity index (χ2v) is 6.80. The van der Waals surface area contributed by atoms with Crippen molar-refractivity contribution in [3.05, 3.63) is 66.4 Å². The molecule has 0 fully saturated rings. The number of Topliss-reactive ketones (excluding diaryl/α,β-unsaturated/α-hetero) is 1. The van der Waals surface area contributed by atoms with Crippen molar-refractivity contribution < 1.29 is 17.7 Å². The van der Waals surface area contributed by atoms with Crippen LogP contribution in [0.2, 0.25) is 0 Å². The molecule has 0 amide bonds. The van der Waals surface area contributed by atoms with E-state index in [4.69, 9.17) is 4.52 Å². The van der Waals surface area contributed by atoms with Gasteiger partial charge < -0.3 is 4.52 Å². The Hall–Kier alpha value is -2.93. The molecule has 3 aromatic rings. The van der Waals surface area contributed by atoms with Gasteiger partial charge >= 0.3 is 0 Å². The van der Waals surface area contributed by atoms with Gasteiger partial charge in [-0.05, 0) is 24.6 Å². The summed E-state index contributed by atoms with van der Waals surface area (Å²) in [5.74, 6) is -0.0923. The van der Waals surface area contributed by atoms with Crippen molar-refractivity contribution in [3.63, 3.8) is 0 Å². The topological polar surface area (TPSA) is 89.3 Å². The maximum atomic E-state index is 12.5. The Bertz CT molecular complexity index is 961. The van der Waals surface area contributed by atoms with Gasteiger partial charge in [-0.3, -0.25) is 4.79 Å². The van der Waals surface area contributed by atoms with Crippen LogP contribution in [0.5, 0.6) is 0 Å². The third-order valence-corrected chi connectivity index (χ3v) is 4.80. The third-order valence-electron chi connectivity index (χ3n) is 3.45. The molecule has 3 rings (SSSR count). The van der Waals surface area contributed by atoms with Crippen LogP contribution < -0.4 is 4.72 Å². The van der Waals surface area contributed by atoms with Crippen molar-refractivity contribution in [2.75, 3.05) is 4.72 Å². The van der Waals surface area contributed by atoms with E-state index in [1.165, 1.54) is 37.4 Å². The Labute approximate surface area is 139 Å². The number of hydrogen-bond donors (Lipinski definition) is 1. The van der Waals surface area contributed by atoms with Crippen LogP contribution in [0, 0.1) is 0 Å². The summed E-state index contributed by atoms with van der Waals surface area (Å²) in [5.41, 5.74) is 1.77. The van der Waals surface area contributed by atoms with Gasteiger partial charge in [0.15, 0.2) is 5.78 Å². The Balaban J connectivity index is 1.91. The standard InChI is InChI=1S/C17H14N2O4S/c1-12(20)13-7-9-15(10-8-13)24(21,22)19-17-16(11-18-23-17)14-5-3-2-4-6-14/h2-11,19H,1H3. The molecule has 2 aromatic carbocycles. The highest BCUT2D eigenvalue weighted by molar-refractivity contribution is 7.92. The van der Waals surface area contributed by atoms with Crippen molar-refractivity contribution >= 4 is 21.7 Å². The first-order chi connectivity index (χ1) is 11.5. The molecule has 122 valence electrons. The molecule has 24 heavy (non-hydrogen) atoms. The van der Waals surface area contributed by atoms with Crippen molar-refractivity contribution in [2.24, 2.45) is 0 Å². The molecule has 0 radical (unpaired) electrons. The minimum atomic E-state index is -3.85. The third kappa shape index (κ3) is 3.21. The summed E-state index contributed by atoms with van der Waals surface area (Å²) in [6, 6.07) is 14.9. The molecule has 7 heteroatoms. The van der Waals surface area contributed by atoms with Crippen molar-refractivity contribution in [1.82, 2.24) is 5.16 Å². The molecule has 0 aliphatic heterocycles. The molecule has 1 N–H and O–H groups in total. The quantitative estimate of drug-likeness (QED) is 0.718. The van der Waals surface area contributed by atoms with E-state index in [1.807, 2.05) is 30.3 Å². The van der Waals surface area contributed by atoms with Crippen LogP contribution in [0.25, 0.3) is 11.1 Å². The van der Waals surface area contributed by atoms with E-state index < -0.39 is 10.0 Å². The number of nitrogens with zero attached hydrogens (tertiary/aromatic N) is 1. The number of carbonyl (C=O) groups excluding carboxylic acids is 1. The summed E-state index contributed by atoms with van der Waals surface area (Å²) in [7, 11) is -3.85. The molecule has 0 aliphatic carbocycles. The summed E-state index contributed by atoms with van der Waals surface area (Å²) in [4.78, 5) is 11.3.